The van der Waals surface area contributed by atoms with Gasteiger partial charge in [0.05, 0.1) is 6.04 Å². The number of carbonyl (C=O) groups is 2. The smallest absolute Gasteiger partial charge is 0.326 e. The lowest BCUT2D eigenvalue weighted by Gasteiger charge is -2.33. The van der Waals surface area contributed by atoms with Gasteiger partial charge >= 0.3 is 12.0 Å². The van der Waals surface area contributed by atoms with E-state index in [9.17, 15) is 14.7 Å². The molecule has 1 unspecified atom stereocenters. The minimum Gasteiger partial charge on any atom is -0.480 e. The first-order valence-electron chi connectivity index (χ1n) is 6.94. The maximum atomic E-state index is 12.2. The molecule has 1 aliphatic rings. The number of carbonyl (C=O) groups excluding carboxylic acids is 1. The number of nitrogens with one attached hydrogen (secondary N) is 1. The largest absolute Gasteiger partial charge is 0.480 e. The Labute approximate surface area is 118 Å². The van der Waals surface area contributed by atoms with E-state index in [0.29, 0.717) is 13.0 Å². The van der Waals surface area contributed by atoms with Crippen LogP contribution in [0.2, 0.25) is 0 Å². The summed E-state index contributed by atoms with van der Waals surface area (Å²) in [6.07, 6.45) is 2.24. The number of carboxylic acid groups (broad SMARTS) is 1. The maximum Gasteiger partial charge on any atom is 0.326 e. The molecule has 108 valence electrons. The molecule has 0 aromatic heterocycles. The number of benzene rings is 1. The molecule has 5 nitrogen and oxygen atoms in total. The molecule has 2 atom stereocenters. The van der Waals surface area contributed by atoms with Crippen molar-refractivity contribution in [2.24, 2.45) is 0 Å². The van der Waals surface area contributed by atoms with E-state index in [1.165, 1.54) is 4.90 Å². The lowest BCUT2D eigenvalue weighted by Crippen LogP contribution is -2.52. The van der Waals surface area contributed by atoms with Gasteiger partial charge in [-0.1, -0.05) is 30.3 Å². The van der Waals surface area contributed by atoms with Crippen LogP contribution in [0.15, 0.2) is 30.3 Å². The van der Waals surface area contributed by atoms with Crippen LogP contribution in [0.3, 0.4) is 0 Å². The Balaban J connectivity index is 2.01. The molecule has 1 aromatic carbocycles. The van der Waals surface area contributed by atoms with E-state index in [2.05, 4.69) is 5.32 Å². The Hall–Kier alpha value is -2.04. The molecule has 2 rings (SSSR count). The van der Waals surface area contributed by atoms with Gasteiger partial charge in [-0.2, -0.15) is 0 Å². The van der Waals surface area contributed by atoms with Gasteiger partial charge in [0.15, 0.2) is 0 Å². The van der Waals surface area contributed by atoms with Crippen molar-refractivity contribution in [3.05, 3.63) is 35.9 Å². The highest BCUT2D eigenvalue weighted by atomic mass is 16.4. The molecule has 1 fully saturated rings. The highest BCUT2D eigenvalue weighted by Crippen LogP contribution is 2.19. The van der Waals surface area contributed by atoms with Crippen LogP contribution in [0.1, 0.15) is 37.8 Å². The standard InChI is InChI=1S/C15H20N2O3/c1-11(12-7-3-2-4-8-12)16-15(20)17-10-6-5-9-13(17)14(18)19/h2-4,7-8,11,13H,5-6,9-10H2,1H3,(H,16,20)(H,18,19)/t11?,13-/m0/s1. The normalized spacial score (nSPS) is 20.2. The van der Waals surface area contributed by atoms with Gasteiger partial charge in [0.2, 0.25) is 0 Å². The number of hydrogen-bond donors (Lipinski definition) is 2. The van der Waals surface area contributed by atoms with Crippen LogP contribution >= 0.6 is 0 Å². The number of hydrogen-bond acceptors (Lipinski definition) is 2. The van der Waals surface area contributed by atoms with E-state index in [1.807, 2.05) is 37.3 Å². The van der Waals surface area contributed by atoms with E-state index in [4.69, 9.17) is 0 Å². The lowest BCUT2D eigenvalue weighted by atomic mass is 10.0. The van der Waals surface area contributed by atoms with Crippen LogP contribution in [0.4, 0.5) is 4.79 Å². The zero-order chi connectivity index (χ0) is 14.5. The molecule has 1 aromatic rings. The van der Waals surface area contributed by atoms with Crippen molar-refractivity contribution in [1.82, 2.24) is 10.2 Å². The number of rotatable bonds is 3. The van der Waals surface area contributed by atoms with Crippen molar-refractivity contribution in [1.29, 1.82) is 0 Å². The minimum atomic E-state index is -0.924. The molecule has 5 heteroatoms. The number of piperidine rings is 1. The summed E-state index contributed by atoms with van der Waals surface area (Å²) >= 11 is 0. The van der Waals surface area contributed by atoms with Gasteiger partial charge in [0, 0.05) is 6.54 Å². The predicted molar refractivity (Wildman–Crippen MR) is 75.4 cm³/mol. The fourth-order valence-corrected chi connectivity index (χ4v) is 2.52. The minimum absolute atomic E-state index is 0.139. The fourth-order valence-electron chi connectivity index (χ4n) is 2.52. The molecule has 1 saturated heterocycles. The average molecular weight is 276 g/mol. The van der Waals surface area contributed by atoms with E-state index < -0.39 is 12.0 Å². The molecule has 0 spiro atoms. The summed E-state index contributed by atoms with van der Waals surface area (Å²) in [5, 5.41) is 12.1. The summed E-state index contributed by atoms with van der Waals surface area (Å²) in [4.78, 5) is 24.9. The van der Waals surface area contributed by atoms with Crippen molar-refractivity contribution in [3.63, 3.8) is 0 Å². The van der Waals surface area contributed by atoms with E-state index in [-0.39, 0.29) is 12.1 Å². The van der Waals surface area contributed by atoms with Crippen LogP contribution in [-0.2, 0) is 4.79 Å². The molecule has 1 aliphatic heterocycles. The van der Waals surface area contributed by atoms with E-state index in [0.717, 1.165) is 18.4 Å². The van der Waals surface area contributed by atoms with Gasteiger partial charge < -0.3 is 15.3 Å². The van der Waals surface area contributed by atoms with Crippen LogP contribution < -0.4 is 5.32 Å². The Morgan fingerprint density at radius 3 is 2.65 bits per heavy atom. The zero-order valence-corrected chi connectivity index (χ0v) is 11.6. The van der Waals surface area contributed by atoms with Gasteiger partial charge in [-0.05, 0) is 31.7 Å². The van der Waals surface area contributed by atoms with Crippen LogP contribution in [0.5, 0.6) is 0 Å². The first-order valence-corrected chi connectivity index (χ1v) is 6.94. The van der Waals surface area contributed by atoms with Crippen molar-refractivity contribution >= 4 is 12.0 Å². The number of amides is 2. The van der Waals surface area contributed by atoms with Gasteiger partial charge in [-0.25, -0.2) is 9.59 Å². The SMILES string of the molecule is CC(NC(=O)N1CCCC[C@H]1C(=O)O)c1ccccc1. The Morgan fingerprint density at radius 1 is 1.30 bits per heavy atom. The Kier molecular flexibility index (Phi) is 4.61. The molecule has 20 heavy (non-hydrogen) atoms. The third kappa shape index (κ3) is 3.29. The Morgan fingerprint density at radius 2 is 2.00 bits per heavy atom. The van der Waals surface area contributed by atoms with Crippen LogP contribution in [0.25, 0.3) is 0 Å². The molecule has 2 amide bonds. The van der Waals surface area contributed by atoms with Crippen molar-refractivity contribution in [3.8, 4) is 0 Å². The number of carboxylic acids is 1. The van der Waals surface area contributed by atoms with Crippen LogP contribution in [-0.4, -0.2) is 34.6 Å². The van der Waals surface area contributed by atoms with Crippen molar-refractivity contribution in [2.75, 3.05) is 6.54 Å². The molecule has 0 aliphatic carbocycles. The zero-order valence-electron chi connectivity index (χ0n) is 11.6. The van der Waals surface area contributed by atoms with Gasteiger partial charge in [-0.3, -0.25) is 0 Å². The summed E-state index contributed by atoms with van der Waals surface area (Å²) in [6, 6.07) is 8.49. The second kappa shape index (κ2) is 6.41. The molecular formula is C15H20N2O3. The lowest BCUT2D eigenvalue weighted by molar-refractivity contribution is -0.143. The van der Waals surface area contributed by atoms with Gasteiger partial charge in [-0.15, -0.1) is 0 Å². The highest BCUT2D eigenvalue weighted by molar-refractivity contribution is 5.83. The summed E-state index contributed by atoms with van der Waals surface area (Å²) < 4.78 is 0. The second-order valence-corrected chi connectivity index (χ2v) is 5.13. The molecule has 0 radical (unpaired) electrons. The molecule has 2 N–H and O–H groups in total. The van der Waals surface area contributed by atoms with Crippen molar-refractivity contribution in [2.45, 2.75) is 38.3 Å². The third-order valence-electron chi connectivity index (χ3n) is 3.69. The fraction of sp³-hybridized carbons (Fsp3) is 0.467. The first-order chi connectivity index (χ1) is 9.59. The molecule has 0 saturated carbocycles. The second-order valence-electron chi connectivity index (χ2n) is 5.13. The maximum absolute atomic E-state index is 12.2. The molecule has 0 bridgehead atoms. The summed E-state index contributed by atoms with van der Waals surface area (Å²) in [5.41, 5.74) is 1.00. The number of aliphatic carboxylic acids is 1. The monoisotopic (exact) mass is 276 g/mol. The number of likely N-dealkylation sites (tertiary alicyclic amines) is 1. The first kappa shape index (κ1) is 14.4. The third-order valence-corrected chi connectivity index (χ3v) is 3.69. The van der Waals surface area contributed by atoms with E-state index >= 15 is 0 Å². The van der Waals surface area contributed by atoms with Crippen molar-refractivity contribution < 1.29 is 14.7 Å². The highest BCUT2D eigenvalue weighted by Gasteiger charge is 2.32. The Bertz CT molecular complexity index is 475. The number of nitrogens with zero attached hydrogens (tertiary/aromatic N) is 1. The van der Waals surface area contributed by atoms with Gasteiger partial charge in [0.1, 0.15) is 6.04 Å². The number of urea groups is 1. The molecular weight excluding hydrogens is 256 g/mol. The summed E-state index contributed by atoms with van der Waals surface area (Å²) in [5.74, 6) is -0.924. The summed E-state index contributed by atoms with van der Waals surface area (Å²) in [6.45, 7) is 2.40. The average Bonchev–Trinajstić information content (AvgIpc) is 2.48. The van der Waals surface area contributed by atoms with E-state index in [1.54, 1.807) is 0 Å². The van der Waals surface area contributed by atoms with Crippen LogP contribution in [0, 0.1) is 0 Å². The quantitative estimate of drug-likeness (QED) is 0.890. The summed E-state index contributed by atoms with van der Waals surface area (Å²) in [7, 11) is 0. The predicted octanol–water partition coefficient (Wildman–Crippen LogP) is 2.40. The topological polar surface area (TPSA) is 69.6 Å². The van der Waals surface area contributed by atoms with Gasteiger partial charge in [0.25, 0.3) is 0 Å². The molecule has 1 heterocycles.